The second-order valence-electron chi connectivity index (χ2n) is 7.31. The van der Waals surface area contributed by atoms with Gasteiger partial charge in [0.25, 0.3) is 0 Å². The predicted molar refractivity (Wildman–Crippen MR) is 111 cm³/mol. The topological polar surface area (TPSA) is 92.6 Å². The van der Waals surface area contributed by atoms with Crippen LogP contribution in [0.3, 0.4) is 0 Å². The highest BCUT2D eigenvalue weighted by Gasteiger charge is 2.27. The maximum absolute atomic E-state index is 12.8. The van der Waals surface area contributed by atoms with E-state index in [1.54, 1.807) is 19.2 Å². The standard InChI is InChI=1S/C19H30N6O3S/c1-15-18(16(2)25(22-15)11-12-28-4)14-21-19-6-5-17(13-20-19)29(26,27)24-9-7-23(3)8-10-24/h5-6,13H,7-12,14H2,1-4H3,(H,20,21). The average Bonchev–Trinajstić information content (AvgIpc) is 2.98. The van der Waals surface area contributed by atoms with Crippen molar-refractivity contribution in [1.29, 1.82) is 0 Å². The SMILES string of the molecule is COCCn1nc(C)c(CNc2ccc(S(=O)(=O)N3CCN(C)CC3)cn2)c1C. The van der Waals surface area contributed by atoms with Crippen molar-refractivity contribution in [2.75, 3.05) is 52.3 Å². The fourth-order valence-corrected chi connectivity index (χ4v) is 4.75. The molecule has 1 aliphatic rings. The Morgan fingerprint density at radius 2 is 1.90 bits per heavy atom. The van der Waals surface area contributed by atoms with Crippen LogP contribution in [0.2, 0.25) is 0 Å². The van der Waals surface area contributed by atoms with Crippen LogP contribution in [-0.4, -0.2) is 79.3 Å². The summed E-state index contributed by atoms with van der Waals surface area (Å²) in [6.45, 7) is 8.39. The molecule has 10 heteroatoms. The van der Waals surface area contributed by atoms with Crippen molar-refractivity contribution in [2.45, 2.75) is 31.8 Å². The fraction of sp³-hybridized carbons (Fsp3) is 0.579. The zero-order valence-corrected chi connectivity index (χ0v) is 18.4. The van der Waals surface area contributed by atoms with Crippen molar-refractivity contribution in [1.82, 2.24) is 24.0 Å². The van der Waals surface area contributed by atoms with Gasteiger partial charge in [-0.1, -0.05) is 0 Å². The number of ether oxygens (including phenoxy) is 1. The van der Waals surface area contributed by atoms with E-state index in [1.165, 1.54) is 10.5 Å². The lowest BCUT2D eigenvalue weighted by molar-refractivity contribution is 0.182. The third-order valence-corrected chi connectivity index (χ3v) is 7.20. The molecule has 0 unspecified atom stereocenters. The summed E-state index contributed by atoms with van der Waals surface area (Å²) in [5.74, 6) is 0.630. The van der Waals surface area contributed by atoms with E-state index in [-0.39, 0.29) is 4.90 Å². The van der Waals surface area contributed by atoms with Crippen molar-refractivity contribution in [3.63, 3.8) is 0 Å². The molecule has 0 aromatic carbocycles. The van der Waals surface area contributed by atoms with Gasteiger partial charge in [0.05, 0.1) is 18.8 Å². The summed E-state index contributed by atoms with van der Waals surface area (Å²) in [6.07, 6.45) is 1.43. The first-order chi connectivity index (χ1) is 13.8. The van der Waals surface area contributed by atoms with Gasteiger partial charge in [-0.15, -0.1) is 0 Å². The van der Waals surface area contributed by atoms with Crippen LogP contribution in [0, 0.1) is 13.8 Å². The molecule has 29 heavy (non-hydrogen) atoms. The van der Waals surface area contributed by atoms with Gasteiger partial charge < -0.3 is 15.0 Å². The van der Waals surface area contributed by atoms with Crippen LogP contribution < -0.4 is 5.32 Å². The minimum absolute atomic E-state index is 0.229. The van der Waals surface area contributed by atoms with Gasteiger partial charge in [0.15, 0.2) is 0 Å². The minimum Gasteiger partial charge on any atom is -0.383 e. The normalized spacial score (nSPS) is 16.3. The molecule has 0 spiro atoms. The van der Waals surface area contributed by atoms with E-state index in [2.05, 4.69) is 20.3 Å². The molecule has 2 aromatic rings. The Hall–Kier alpha value is -2.01. The number of anilines is 1. The number of nitrogens with zero attached hydrogens (tertiary/aromatic N) is 5. The van der Waals surface area contributed by atoms with Crippen LogP contribution in [-0.2, 0) is 27.8 Å². The Bertz CT molecular complexity index is 918. The van der Waals surface area contributed by atoms with Crippen molar-refractivity contribution in [3.05, 3.63) is 35.3 Å². The molecule has 0 radical (unpaired) electrons. The zero-order valence-electron chi connectivity index (χ0n) is 17.6. The molecule has 0 amide bonds. The molecule has 0 bridgehead atoms. The molecule has 160 valence electrons. The van der Waals surface area contributed by atoms with Crippen LogP contribution in [0.5, 0.6) is 0 Å². The number of pyridine rings is 1. The first-order valence-electron chi connectivity index (χ1n) is 9.73. The molecule has 3 heterocycles. The van der Waals surface area contributed by atoms with Gasteiger partial charge in [-0.2, -0.15) is 9.40 Å². The Kier molecular flexibility index (Phi) is 6.89. The molecular weight excluding hydrogens is 392 g/mol. The number of sulfonamides is 1. The van der Waals surface area contributed by atoms with Crippen LogP contribution >= 0.6 is 0 Å². The monoisotopic (exact) mass is 422 g/mol. The second-order valence-corrected chi connectivity index (χ2v) is 9.24. The minimum atomic E-state index is -3.50. The third kappa shape index (κ3) is 4.95. The molecule has 0 atom stereocenters. The van der Waals surface area contributed by atoms with Crippen LogP contribution in [0.25, 0.3) is 0 Å². The second kappa shape index (κ2) is 9.21. The maximum Gasteiger partial charge on any atom is 0.244 e. The van der Waals surface area contributed by atoms with Gasteiger partial charge in [0.1, 0.15) is 10.7 Å². The Morgan fingerprint density at radius 3 is 2.52 bits per heavy atom. The van der Waals surface area contributed by atoms with E-state index >= 15 is 0 Å². The van der Waals surface area contributed by atoms with Crippen molar-refractivity contribution in [3.8, 4) is 0 Å². The van der Waals surface area contributed by atoms with Gasteiger partial charge in [-0.25, -0.2) is 13.4 Å². The van der Waals surface area contributed by atoms with Gasteiger partial charge in [-0.05, 0) is 33.0 Å². The molecule has 9 nitrogen and oxygen atoms in total. The van der Waals surface area contributed by atoms with Crippen molar-refractivity contribution < 1.29 is 13.2 Å². The number of nitrogens with one attached hydrogen (secondary N) is 1. The summed E-state index contributed by atoms with van der Waals surface area (Å²) in [5.41, 5.74) is 3.15. The lowest BCUT2D eigenvalue weighted by Crippen LogP contribution is -2.47. The molecule has 1 aliphatic heterocycles. The smallest absolute Gasteiger partial charge is 0.244 e. The zero-order chi connectivity index (χ0) is 21.0. The van der Waals surface area contributed by atoms with Gasteiger partial charge in [0, 0.05) is 57.3 Å². The van der Waals surface area contributed by atoms with E-state index in [9.17, 15) is 8.42 Å². The molecule has 0 aliphatic carbocycles. The molecule has 2 aromatic heterocycles. The number of likely N-dealkylation sites (N-methyl/N-ethyl adjacent to an activating group) is 1. The number of hydrogen-bond acceptors (Lipinski definition) is 7. The van der Waals surface area contributed by atoms with Crippen LogP contribution in [0.4, 0.5) is 5.82 Å². The maximum atomic E-state index is 12.8. The summed E-state index contributed by atoms with van der Waals surface area (Å²) in [4.78, 5) is 6.66. The number of methoxy groups -OCH3 is 1. The molecule has 3 rings (SSSR count). The molecule has 1 saturated heterocycles. The van der Waals surface area contributed by atoms with Gasteiger partial charge in [0.2, 0.25) is 10.0 Å². The van der Waals surface area contributed by atoms with Crippen LogP contribution in [0.1, 0.15) is 17.0 Å². The average molecular weight is 423 g/mol. The van der Waals surface area contributed by atoms with E-state index in [1.807, 2.05) is 25.6 Å². The molecule has 1 fully saturated rings. The number of hydrogen-bond donors (Lipinski definition) is 1. The Labute approximate surface area is 172 Å². The lowest BCUT2D eigenvalue weighted by atomic mass is 10.2. The predicted octanol–water partition coefficient (Wildman–Crippen LogP) is 1.09. The fourth-order valence-electron chi connectivity index (χ4n) is 3.38. The van der Waals surface area contributed by atoms with E-state index < -0.39 is 10.0 Å². The Morgan fingerprint density at radius 1 is 1.17 bits per heavy atom. The van der Waals surface area contributed by atoms with Gasteiger partial charge in [-0.3, -0.25) is 4.68 Å². The van der Waals surface area contributed by atoms with Gasteiger partial charge >= 0.3 is 0 Å². The first-order valence-corrected chi connectivity index (χ1v) is 11.2. The number of aryl methyl sites for hydroxylation is 1. The highest BCUT2D eigenvalue weighted by Crippen LogP contribution is 2.19. The lowest BCUT2D eigenvalue weighted by Gasteiger charge is -2.31. The Balaban J connectivity index is 1.65. The van der Waals surface area contributed by atoms with E-state index in [4.69, 9.17) is 4.74 Å². The summed E-state index contributed by atoms with van der Waals surface area (Å²) in [7, 11) is 0.174. The van der Waals surface area contributed by atoms with Crippen molar-refractivity contribution in [2.24, 2.45) is 0 Å². The summed E-state index contributed by atoms with van der Waals surface area (Å²) < 4.78 is 34.2. The molecule has 0 saturated carbocycles. The summed E-state index contributed by atoms with van der Waals surface area (Å²) in [5, 5.41) is 7.82. The number of aromatic nitrogens is 3. The molecule has 1 N–H and O–H groups in total. The highest BCUT2D eigenvalue weighted by molar-refractivity contribution is 7.89. The summed E-state index contributed by atoms with van der Waals surface area (Å²) in [6, 6.07) is 3.33. The number of rotatable bonds is 8. The van der Waals surface area contributed by atoms with Crippen molar-refractivity contribution >= 4 is 15.8 Å². The van der Waals surface area contributed by atoms with E-state index in [0.29, 0.717) is 38.6 Å². The number of piperazine rings is 1. The van der Waals surface area contributed by atoms with E-state index in [0.717, 1.165) is 30.0 Å². The summed E-state index contributed by atoms with van der Waals surface area (Å²) >= 11 is 0. The largest absolute Gasteiger partial charge is 0.383 e. The van der Waals surface area contributed by atoms with Crippen LogP contribution in [0.15, 0.2) is 23.2 Å². The quantitative estimate of drug-likeness (QED) is 0.681. The third-order valence-electron chi connectivity index (χ3n) is 5.32. The highest BCUT2D eigenvalue weighted by atomic mass is 32.2. The molecular formula is C19H30N6O3S. The first kappa shape index (κ1) is 21.7.